The third kappa shape index (κ3) is 2.54. The fraction of sp³-hybridized carbons (Fsp3) is 0.353. The molecule has 1 aliphatic carbocycles. The van der Waals surface area contributed by atoms with E-state index in [1.54, 1.807) is 0 Å². The van der Waals surface area contributed by atoms with Crippen molar-refractivity contribution in [2.24, 2.45) is 11.7 Å². The molecule has 0 amide bonds. The van der Waals surface area contributed by atoms with Gasteiger partial charge in [-0.1, -0.05) is 36.8 Å². The second-order valence-corrected chi connectivity index (χ2v) is 5.53. The minimum atomic E-state index is 0.207. The minimum absolute atomic E-state index is 0.207. The Labute approximate surface area is 114 Å². The van der Waals surface area contributed by atoms with Gasteiger partial charge in [-0.2, -0.15) is 0 Å². The summed E-state index contributed by atoms with van der Waals surface area (Å²) in [5.74, 6) is 0.687. The maximum atomic E-state index is 6.30. The molecule has 1 fully saturated rings. The second-order valence-electron chi connectivity index (χ2n) is 5.53. The van der Waals surface area contributed by atoms with E-state index in [0.29, 0.717) is 5.92 Å². The molecule has 98 valence electrons. The molecule has 2 N–H and O–H groups in total. The molecule has 1 unspecified atom stereocenters. The molecule has 2 heteroatoms. The monoisotopic (exact) mass is 252 g/mol. The number of nitrogens with two attached hydrogens (primary N) is 1. The van der Waals surface area contributed by atoms with Gasteiger partial charge in [0.1, 0.15) is 0 Å². The summed E-state index contributed by atoms with van der Waals surface area (Å²) < 4.78 is 0. The molecule has 1 aliphatic rings. The van der Waals surface area contributed by atoms with E-state index in [9.17, 15) is 0 Å². The smallest absolute Gasteiger partial charge is 0.0373 e. The van der Waals surface area contributed by atoms with Crippen molar-refractivity contribution in [3.05, 3.63) is 53.9 Å². The number of hydrogen-bond donors (Lipinski definition) is 1. The fourth-order valence-electron chi connectivity index (χ4n) is 2.61. The largest absolute Gasteiger partial charge is 0.324 e. The summed E-state index contributed by atoms with van der Waals surface area (Å²) in [6.45, 7) is 2.00. The third-order valence-corrected chi connectivity index (χ3v) is 4.20. The maximum Gasteiger partial charge on any atom is 0.0373 e. The molecule has 1 aromatic heterocycles. The highest BCUT2D eigenvalue weighted by atomic mass is 14.7. The summed E-state index contributed by atoms with van der Waals surface area (Å²) in [4.78, 5) is 4.34. The summed E-state index contributed by atoms with van der Waals surface area (Å²) in [6.07, 6.45) is 5.83. The van der Waals surface area contributed by atoms with Crippen molar-refractivity contribution in [2.45, 2.75) is 32.2 Å². The average molecular weight is 252 g/mol. The Balaban J connectivity index is 1.80. The second kappa shape index (κ2) is 5.14. The van der Waals surface area contributed by atoms with Crippen LogP contribution >= 0.6 is 0 Å². The first-order chi connectivity index (χ1) is 9.24. The summed E-state index contributed by atoms with van der Waals surface area (Å²) >= 11 is 0. The van der Waals surface area contributed by atoms with Crippen LogP contribution < -0.4 is 5.73 Å². The van der Waals surface area contributed by atoms with Crippen LogP contribution in [0.1, 0.15) is 36.6 Å². The molecule has 0 spiro atoms. The molecule has 2 aromatic rings. The standard InChI is InChI=1S/C17H20N2/c1-12-5-6-16(11-19-12)13-7-9-15(10-8-13)17(18)14-3-2-4-14/h5-11,14,17H,2-4,18H2,1H3. The lowest BCUT2D eigenvalue weighted by atomic mass is 9.77. The van der Waals surface area contributed by atoms with Crippen molar-refractivity contribution >= 4 is 0 Å². The van der Waals surface area contributed by atoms with E-state index < -0.39 is 0 Å². The molecule has 0 aliphatic heterocycles. The van der Waals surface area contributed by atoms with Gasteiger partial charge < -0.3 is 5.73 Å². The molecule has 1 aromatic carbocycles. The van der Waals surface area contributed by atoms with Gasteiger partial charge in [-0.05, 0) is 42.9 Å². The van der Waals surface area contributed by atoms with Crippen LogP contribution in [0.25, 0.3) is 11.1 Å². The SMILES string of the molecule is Cc1ccc(-c2ccc(C(N)C3CCC3)cc2)cn1. The van der Waals surface area contributed by atoms with Crippen molar-refractivity contribution in [1.82, 2.24) is 4.98 Å². The van der Waals surface area contributed by atoms with Crippen molar-refractivity contribution in [3.8, 4) is 11.1 Å². The molecule has 0 saturated heterocycles. The highest BCUT2D eigenvalue weighted by molar-refractivity contribution is 5.62. The van der Waals surface area contributed by atoms with Gasteiger partial charge in [0.2, 0.25) is 0 Å². The topological polar surface area (TPSA) is 38.9 Å². The molecule has 0 radical (unpaired) electrons. The van der Waals surface area contributed by atoms with Gasteiger partial charge >= 0.3 is 0 Å². The van der Waals surface area contributed by atoms with Gasteiger partial charge in [0.05, 0.1) is 0 Å². The van der Waals surface area contributed by atoms with Gasteiger partial charge in [-0.25, -0.2) is 0 Å². The zero-order valence-corrected chi connectivity index (χ0v) is 11.3. The fourth-order valence-corrected chi connectivity index (χ4v) is 2.61. The Morgan fingerprint density at radius 1 is 1.05 bits per heavy atom. The molecule has 1 atom stereocenters. The summed E-state index contributed by atoms with van der Waals surface area (Å²) in [5.41, 5.74) is 11.0. The van der Waals surface area contributed by atoms with Crippen LogP contribution in [-0.4, -0.2) is 4.98 Å². The Morgan fingerprint density at radius 3 is 2.26 bits per heavy atom. The van der Waals surface area contributed by atoms with E-state index in [1.165, 1.54) is 30.4 Å². The minimum Gasteiger partial charge on any atom is -0.324 e. The first kappa shape index (κ1) is 12.4. The number of hydrogen-bond acceptors (Lipinski definition) is 2. The van der Waals surface area contributed by atoms with Crippen molar-refractivity contribution in [1.29, 1.82) is 0 Å². The molecular formula is C17H20N2. The molecule has 3 rings (SSSR count). The van der Waals surface area contributed by atoms with Gasteiger partial charge in [0.25, 0.3) is 0 Å². The Kier molecular flexibility index (Phi) is 3.34. The Morgan fingerprint density at radius 2 is 1.74 bits per heavy atom. The number of pyridine rings is 1. The lowest BCUT2D eigenvalue weighted by molar-refractivity contribution is 0.264. The van der Waals surface area contributed by atoms with E-state index in [0.717, 1.165) is 11.3 Å². The first-order valence-corrected chi connectivity index (χ1v) is 7.02. The number of rotatable bonds is 3. The lowest BCUT2D eigenvalue weighted by Crippen LogP contribution is -2.26. The van der Waals surface area contributed by atoms with Gasteiger partial charge in [0, 0.05) is 23.5 Å². The van der Waals surface area contributed by atoms with Crippen LogP contribution in [0.3, 0.4) is 0 Å². The molecule has 1 saturated carbocycles. The highest BCUT2D eigenvalue weighted by Gasteiger charge is 2.25. The van der Waals surface area contributed by atoms with Gasteiger partial charge in [-0.3, -0.25) is 4.98 Å². The van der Waals surface area contributed by atoms with Crippen LogP contribution in [0, 0.1) is 12.8 Å². The van der Waals surface area contributed by atoms with Gasteiger partial charge in [0.15, 0.2) is 0 Å². The molecule has 2 nitrogen and oxygen atoms in total. The molecule has 0 bridgehead atoms. The van der Waals surface area contributed by atoms with E-state index in [1.807, 2.05) is 19.2 Å². The van der Waals surface area contributed by atoms with Crippen LogP contribution in [0.2, 0.25) is 0 Å². The zero-order chi connectivity index (χ0) is 13.2. The molecular weight excluding hydrogens is 232 g/mol. The summed E-state index contributed by atoms with van der Waals surface area (Å²) in [7, 11) is 0. The Hall–Kier alpha value is -1.67. The number of aromatic nitrogens is 1. The third-order valence-electron chi connectivity index (χ3n) is 4.20. The molecule has 19 heavy (non-hydrogen) atoms. The predicted molar refractivity (Wildman–Crippen MR) is 78.7 cm³/mol. The van der Waals surface area contributed by atoms with E-state index >= 15 is 0 Å². The van der Waals surface area contributed by atoms with Crippen LogP contribution in [0.4, 0.5) is 0 Å². The number of nitrogens with zero attached hydrogens (tertiary/aromatic N) is 1. The van der Waals surface area contributed by atoms with Crippen molar-refractivity contribution in [2.75, 3.05) is 0 Å². The average Bonchev–Trinajstić information content (AvgIpc) is 2.38. The maximum absolute atomic E-state index is 6.30. The quantitative estimate of drug-likeness (QED) is 0.901. The van der Waals surface area contributed by atoms with E-state index in [2.05, 4.69) is 35.3 Å². The van der Waals surface area contributed by atoms with Crippen LogP contribution in [-0.2, 0) is 0 Å². The first-order valence-electron chi connectivity index (χ1n) is 7.02. The van der Waals surface area contributed by atoms with Crippen molar-refractivity contribution < 1.29 is 0 Å². The zero-order valence-electron chi connectivity index (χ0n) is 11.3. The van der Waals surface area contributed by atoms with E-state index in [4.69, 9.17) is 5.73 Å². The number of aryl methyl sites for hydroxylation is 1. The summed E-state index contributed by atoms with van der Waals surface area (Å²) in [5, 5.41) is 0. The van der Waals surface area contributed by atoms with E-state index in [-0.39, 0.29) is 6.04 Å². The predicted octanol–water partition coefficient (Wildman–Crippen LogP) is 3.86. The lowest BCUT2D eigenvalue weighted by Gasteiger charge is -2.31. The number of benzene rings is 1. The Bertz CT molecular complexity index is 538. The van der Waals surface area contributed by atoms with Crippen molar-refractivity contribution in [3.63, 3.8) is 0 Å². The normalized spacial score (nSPS) is 16.9. The molecule has 1 heterocycles. The van der Waals surface area contributed by atoms with Crippen LogP contribution in [0.15, 0.2) is 42.6 Å². The van der Waals surface area contributed by atoms with Crippen LogP contribution in [0.5, 0.6) is 0 Å². The van der Waals surface area contributed by atoms with Gasteiger partial charge in [-0.15, -0.1) is 0 Å². The summed E-state index contributed by atoms with van der Waals surface area (Å²) in [6, 6.07) is 13.0. The highest BCUT2D eigenvalue weighted by Crippen LogP contribution is 2.36.